The van der Waals surface area contributed by atoms with Gasteiger partial charge < -0.3 is 34.8 Å². The van der Waals surface area contributed by atoms with Gasteiger partial charge in [0, 0.05) is 49.9 Å². The SMILES string of the molecule is C[C@@H]1C[C@@H](O)c2ncnc(N3CCN(C(=O)C(CNCCOCCOCCC(=O)O)c4ccc(Cl)cc4)CC3)c21.Cl.Cl. The van der Waals surface area contributed by atoms with E-state index < -0.39 is 12.1 Å². The van der Waals surface area contributed by atoms with E-state index in [0.717, 1.165) is 22.6 Å². The van der Waals surface area contributed by atoms with Gasteiger partial charge in [0.2, 0.25) is 5.91 Å². The van der Waals surface area contributed by atoms with Crippen molar-refractivity contribution in [1.82, 2.24) is 20.2 Å². The van der Waals surface area contributed by atoms with Crippen LogP contribution in [-0.2, 0) is 19.1 Å². The zero-order valence-corrected chi connectivity index (χ0v) is 26.0. The number of hydrogen-bond donors (Lipinski definition) is 3. The van der Waals surface area contributed by atoms with Crippen LogP contribution in [0.3, 0.4) is 0 Å². The third kappa shape index (κ3) is 9.63. The highest BCUT2D eigenvalue weighted by atomic mass is 35.5. The summed E-state index contributed by atoms with van der Waals surface area (Å²) >= 11 is 6.10. The van der Waals surface area contributed by atoms with E-state index in [4.69, 9.17) is 26.2 Å². The number of aromatic nitrogens is 2. The summed E-state index contributed by atoms with van der Waals surface area (Å²) in [6.07, 6.45) is 1.60. The molecule has 1 aliphatic carbocycles. The van der Waals surface area contributed by atoms with Crippen LogP contribution >= 0.6 is 36.4 Å². The van der Waals surface area contributed by atoms with Gasteiger partial charge in [0.25, 0.3) is 0 Å². The molecule has 2 aromatic rings. The van der Waals surface area contributed by atoms with E-state index in [1.807, 2.05) is 17.0 Å². The van der Waals surface area contributed by atoms with E-state index in [0.29, 0.717) is 70.5 Å². The molecule has 42 heavy (non-hydrogen) atoms. The Labute approximate surface area is 263 Å². The first kappa shape index (κ1) is 35.9. The Balaban J connectivity index is 0.00000308. The maximum Gasteiger partial charge on any atom is 0.305 e. The van der Waals surface area contributed by atoms with Crippen LogP contribution < -0.4 is 10.2 Å². The standard InChI is InChI=1S/C28H38ClN5O6.2ClH/c1-19-16-23(35)26-25(19)27(32-18-31-26)33-8-10-34(11-9-33)28(38)22(20-2-4-21(29)5-3-20)17-30-7-13-40-15-14-39-12-6-24(36)37;;/h2-5,18-19,22-23,30,35H,6-17H2,1H3,(H,36,37);2*1H/t19-,22?,23-;;/m1../s1. The van der Waals surface area contributed by atoms with Gasteiger partial charge in [-0.05, 0) is 30.0 Å². The van der Waals surface area contributed by atoms with E-state index in [9.17, 15) is 14.7 Å². The number of aliphatic carboxylic acids is 1. The van der Waals surface area contributed by atoms with E-state index >= 15 is 0 Å². The number of nitrogens with zero attached hydrogens (tertiary/aromatic N) is 4. The Hall–Kier alpha value is -2.25. The summed E-state index contributed by atoms with van der Waals surface area (Å²) in [4.78, 5) is 37.2. The highest BCUT2D eigenvalue weighted by Gasteiger charge is 2.35. The lowest BCUT2D eigenvalue weighted by molar-refractivity contribution is -0.138. The topological polar surface area (TPSA) is 137 Å². The maximum atomic E-state index is 13.7. The summed E-state index contributed by atoms with van der Waals surface area (Å²) < 4.78 is 10.8. The molecule has 1 aromatic carbocycles. The number of carboxylic acid groups (broad SMARTS) is 1. The lowest BCUT2D eigenvalue weighted by Crippen LogP contribution is -2.51. The molecule has 2 heterocycles. The molecule has 14 heteroatoms. The van der Waals surface area contributed by atoms with Gasteiger partial charge >= 0.3 is 5.97 Å². The molecule has 234 valence electrons. The van der Waals surface area contributed by atoms with E-state index in [-0.39, 0.29) is 55.6 Å². The molecule has 1 aliphatic heterocycles. The number of anilines is 1. The van der Waals surface area contributed by atoms with Gasteiger partial charge in [0.15, 0.2) is 0 Å². The molecule has 0 saturated carbocycles. The van der Waals surface area contributed by atoms with Gasteiger partial charge in [0.05, 0.1) is 50.6 Å². The minimum absolute atomic E-state index is 0. The molecule has 3 N–H and O–H groups in total. The molecular formula is C28H40Cl3N5O6. The van der Waals surface area contributed by atoms with Crippen molar-refractivity contribution in [3.63, 3.8) is 0 Å². The number of halogens is 3. The first-order chi connectivity index (χ1) is 19.3. The van der Waals surface area contributed by atoms with E-state index in [2.05, 4.69) is 27.1 Å². The van der Waals surface area contributed by atoms with Crippen molar-refractivity contribution in [3.8, 4) is 0 Å². The predicted octanol–water partition coefficient (Wildman–Crippen LogP) is 3.04. The number of ether oxygens (including phenoxy) is 2. The second-order valence-electron chi connectivity index (χ2n) is 10.1. The highest BCUT2D eigenvalue weighted by Crippen LogP contribution is 2.42. The van der Waals surface area contributed by atoms with Crippen LogP contribution in [0.2, 0.25) is 5.02 Å². The first-order valence-electron chi connectivity index (χ1n) is 13.7. The van der Waals surface area contributed by atoms with Gasteiger partial charge in [-0.2, -0.15) is 0 Å². The van der Waals surface area contributed by atoms with E-state index in [1.165, 1.54) is 6.33 Å². The molecule has 1 aromatic heterocycles. The highest BCUT2D eigenvalue weighted by molar-refractivity contribution is 6.30. The van der Waals surface area contributed by atoms with Crippen LogP contribution in [0.15, 0.2) is 30.6 Å². The van der Waals surface area contributed by atoms with Gasteiger partial charge in [-0.15, -0.1) is 24.8 Å². The summed E-state index contributed by atoms with van der Waals surface area (Å²) in [5, 5.41) is 22.9. The van der Waals surface area contributed by atoms with Crippen molar-refractivity contribution in [2.75, 3.05) is 70.6 Å². The molecule has 1 amide bonds. The molecule has 0 bridgehead atoms. The number of aliphatic hydroxyl groups is 1. The smallest absolute Gasteiger partial charge is 0.305 e. The van der Waals surface area contributed by atoms with Crippen molar-refractivity contribution >= 4 is 54.1 Å². The number of benzene rings is 1. The molecule has 11 nitrogen and oxygen atoms in total. The van der Waals surface area contributed by atoms with Gasteiger partial charge in [-0.3, -0.25) is 9.59 Å². The summed E-state index contributed by atoms with van der Waals surface area (Å²) in [5.74, 6) is -0.152. The fraction of sp³-hybridized carbons (Fsp3) is 0.571. The van der Waals surface area contributed by atoms with Crippen molar-refractivity contribution in [3.05, 3.63) is 52.4 Å². The van der Waals surface area contributed by atoms with Crippen LogP contribution in [0.4, 0.5) is 5.82 Å². The van der Waals surface area contributed by atoms with E-state index in [1.54, 1.807) is 12.1 Å². The van der Waals surface area contributed by atoms with Gasteiger partial charge in [0.1, 0.15) is 12.1 Å². The minimum Gasteiger partial charge on any atom is -0.481 e. The average Bonchev–Trinajstić information content (AvgIpc) is 3.25. The number of rotatable bonds is 14. The zero-order valence-electron chi connectivity index (χ0n) is 23.6. The lowest BCUT2D eigenvalue weighted by atomic mass is 9.97. The van der Waals surface area contributed by atoms with Crippen molar-refractivity contribution in [2.45, 2.75) is 37.7 Å². The van der Waals surface area contributed by atoms with Crippen LogP contribution in [0.5, 0.6) is 0 Å². The number of carbonyl (C=O) groups is 2. The number of amides is 1. The quantitative estimate of drug-likeness (QED) is 0.262. The van der Waals surface area contributed by atoms with Crippen molar-refractivity contribution in [1.29, 1.82) is 0 Å². The number of nitrogens with one attached hydrogen (secondary N) is 1. The van der Waals surface area contributed by atoms with Gasteiger partial charge in [-0.25, -0.2) is 9.97 Å². The second kappa shape index (κ2) is 17.8. The molecular weight excluding hydrogens is 609 g/mol. The summed E-state index contributed by atoms with van der Waals surface area (Å²) in [5.41, 5.74) is 2.64. The Morgan fingerprint density at radius 1 is 1.05 bits per heavy atom. The number of hydrogen-bond acceptors (Lipinski definition) is 9. The Morgan fingerprint density at radius 3 is 2.38 bits per heavy atom. The fourth-order valence-corrected chi connectivity index (χ4v) is 5.35. The Kier molecular flexibility index (Phi) is 15.2. The second-order valence-corrected chi connectivity index (χ2v) is 10.6. The average molecular weight is 649 g/mol. The molecule has 0 radical (unpaired) electrons. The number of carboxylic acids is 1. The third-order valence-electron chi connectivity index (χ3n) is 7.34. The lowest BCUT2D eigenvalue weighted by Gasteiger charge is -2.38. The number of fused-ring (bicyclic) bond motifs is 1. The molecule has 3 atom stereocenters. The summed E-state index contributed by atoms with van der Waals surface area (Å²) in [7, 11) is 0. The first-order valence-corrected chi connectivity index (χ1v) is 14.1. The fourth-order valence-electron chi connectivity index (χ4n) is 5.23. The van der Waals surface area contributed by atoms with Crippen LogP contribution in [-0.4, -0.2) is 103 Å². The molecule has 0 spiro atoms. The zero-order chi connectivity index (χ0) is 28.5. The molecule has 2 aliphatic rings. The maximum absolute atomic E-state index is 13.7. The molecule has 1 saturated heterocycles. The number of carbonyl (C=O) groups excluding carboxylic acids is 1. The minimum atomic E-state index is -0.888. The van der Waals surface area contributed by atoms with Gasteiger partial charge in [-0.1, -0.05) is 30.7 Å². The molecule has 1 unspecified atom stereocenters. The molecule has 1 fully saturated rings. The monoisotopic (exact) mass is 647 g/mol. The predicted molar refractivity (Wildman–Crippen MR) is 164 cm³/mol. The normalized spacial score (nSPS) is 18.5. The Morgan fingerprint density at radius 2 is 1.71 bits per heavy atom. The summed E-state index contributed by atoms with van der Waals surface area (Å²) in [6, 6.07) is 7.39. The largest absolute Gasteiger partial charge is 0.481 e. The molecule has 4 rings (SSSR count). The Bertz CT molecular complexity index is 1140. The van der Waals surface area contributed by atoms with Crippen molar-refractivity contribution < 1.29 is 29.3 Å². The number of aliphatic hydroxyl groups excluding tert-OH is 1. The number of piperazine rings is 1. The van der Waals surface area contributed by atoms with Crippen LogP contribution in [0.25, 0.3) is 0 Å². The van der Waals surface area contributed by atoms with Crippen LogP contribution in [0, 0.1) is 0 Å². The van der Waals surface area contributed by atoms with Crippen molar-refractivity contribution in [2.24, 2.45) is 0 Å². The van der Waals surface area contributed by atoms with Crippen LogP contribution in [0.1, 0.15) is 54.5 Å². The summed E-state index contributed by atoms with van der Waals surface area (Å²) in [6.45, 7) is 6.87. The third-order valence-corrected chi connectivity index (χ3v) is 7.60.